The number of imide groups is 1. The third kappa shape index (κ3) is 7.46. The second kappa shape index (κ2) is 12.4. The molecule has 2 heterocycles. The Hall–Kier alpha value is -2.71. The molecule has 0 bridgehead atoms. The number of hydrogen-bond donors (Lipinski definition) is 2. The first-order valence-corrected chi connectivity index (χ1v) is 11.6. The highest BCUT2D eigenvalue weighted by Gasteiger charge is 2.15. The molecular formula is C24H35N5O3. The van der Waals surface area contributed by atoms with Crippen LogP contribution in [0.1, 0.15) is 44.7 Å². The van der Waals surface area contributed by atoms with Gasteiger partial charge in [0.15, 0.2) is 0 Å². The molecule has 1 saturated heterocycles. The first kappa shape index (κ1) is 23.9. The van der Waals surface area contributed by atoms with Crippen molar-refractivity contribution in [1.29, 1.82) is 0 Å². The zero-order valence-electron chi connectivity index (χ0n) is 19.2. The number of piperidine rings is 1. The van der Waals surface area contributed by atoms with Crippen molar-refractivity contribution in [3.63, 3.8) is 0 Å². The molecule has 32 heavy (non-hydrogen) atoms. The molecule has 1 aliphatic heterocycles. The summed E-state index contributed by atoms with van der Waals surface area (Å²) in [7, 11) is 1.83. The van der Waals surface area contributed by atoms with Crippen LogP contribution in [0.2, 0.25) is 0 Å². The van der Waals surface area contributed by atoms with Gasteiger partial charge < -0.3 is 4.74 Å². The fraction of sp³-hybridized carbons (Fsp3) is 0.542. The number of unbranched alkanes of at least 4 members (excludes halogenated alkanes) is 1. The van der Waals surface area contributed by atoms with E-state index in [4.69, 9.17) is 9.72 Å². The molecule has 2 aromatic rings. The molecule has 1 fully saturated rings. The fourth-order valence-corrected chi connectivity index (χ4v) is 3.78. The number of aryl methyl sites for hydroxylation is 1. The summed E-state index contributed by atoms with van der Waals surface area (Å²) < 4.78 is 6.00. The Morgan fingerprint density at radius 3 is 2.75 bits per heavy atom. The normalized spacial score (nSPS) is 14.5. The number of pyridine rings is 1. The van der Waals surface area contributed by atoms with E-state index >= 15 is 0 Å². The van der Waals surface area contributed by atoms with Gasteiger partial charge in [-0.1, -0.05) is 38.0 Å². The number of ether oxygens (including phenoxy) is 1. The summed E-state index contributed by atoms with van der Waals surface area (Å²) in [5.74, 6) is 0.292. The molecule has 0 radical (unpaired) electrons. The van der Waals surface area contributed by atoms with E-state index in [0.717, 1.165) is 61.7 Å². The molecule has 0 atom stereocenters. The number of aromatic nitrogens is 1. The third-order valence-corrected chi connectivity index (χ3v) is 5.54. The topological polar surface area (TPSA) is 86.8 Å². The SMILES string of the molecule is CCCCc1cc2ccccc2c(OCCN(C)CC(=O)NC(=O)NN2CCCCC2)n1. The lowest BCUT2D eigenvalue weighted by atomic mass is 10.1. The molecule has 0 unspecified atom stereocenters. The second-order valence-electron chi connectivity index (χ2n) is 8.37. The number of nitrogens with one attached hydrogen (secondary N) is 2. The van der Waals surface area contributed by atoms with Crippen LogP contribution < -0.4 is 15.5 Å². The van der Waals surface area contributed by atoms with Gasteiger partial charge >= 0.3 is 6.03 Å². The fourth-order valence-electron chi connectivity index (χ4n) is 3.78. The summed E-state index contributed by atoms with van der Waals surface area (Å²) in [6.07, 6.45) is 6.43. The number of carbonyl (C=O) groups excluding carboxylic acids is 2. The molecule has 1 aromatic heterocycles. The van der Waals surface area contributed by atoms with Crippen LogP contribution in [0.15, 0.2) is 30.3 Å². The van der Waals surface area contributed by atoms with Crippen LogP contribution in [-0.2, 0) is 11.2 Å². The largest absolute Gasteiger partial charge is 0.476 e. The predicted molar refractivity (Wildman–Crippen MR) is 125 cm³/mol. The molecule has 1 aromatic carbocycles. The Labute approximate surface area is 190 Å². The lowest BCUT2D eigenvalue weighted by molar-refractivity contribution is -0.121. The lowest BCUT2D eigenvalue weighted by Crippen LogP contribution is -2.52. The Balaban J connectivity index is 1.45. The predicted octanol–water partition coefficient (Wildman–Crippen LogP) is 3.11. The van der Waals surface area contributed by atoms with Gasteiger partial charge in [-0.25, -0.2) is 14.8 Å². The molecule has 0 aliphatic carbocycles. The van der Waals surface area contributed by atoms with Crippen LogP contribution >= 0.6 is 0 Å². The molecule has 3 amide bonds. The van der Waals surface area contributed by atoms with E-state index in [9.17, 15) is 9.59 Å². The van der Waals surface area contributed by atoms with E-state index in [1.165, 1.54) is 6.42 Å². The van der Waals surface area contributed by atoms with Gasteiger partial charge in [0.1, 0.15) is 6.61 Å². The van der Waals surface area contributed by atoms with Crippen LogP contribution in [0.4, 0.5) is 4.79 Å². The van der Waals surface area contributed by atoms with Crippen molar-refractivity contribution >= 4 is 22.7 Å². The summed E-state index contributed by atoms with van der Waals surface area (Å²) in [6, 6.07) is 9.74. The lowest BCUT2D eigenvalue weighted by Gasteiger charge is -2.26. The maximum Gasteiger partial charge on any atom is 0.335 e. The van der Waals surface area contributed by atoms with Crippen LogP contribution in [0.5, 0.6) is 5.88 Å². The number of amides is 3. The summed E-state index contributed by atoms with van der Waals surface area (Å²) >= 11 is 0. The maximum atomic E-state index is 12.2. The minimum atomic E-state index is -0.471. The minimum absolute atomic E-state index is 0.113. The van der Waals surface area contributed by atoms with Crippen molar-refractivity contribution < 1.29 is 14.3 Å². The average molecular weight is 442 g/mol. The molecular weight excluding hydrogens is 406 g/mol. The number of rotatable bonds is 10. The van der Waals surface area contributed by atoms with Crippen molar-refractivity contribution in [3.05, 3.63) is 36.0 Å². The summed E-state index contributed by atoms with van der Waals surface area (Å²) in [5.41, 5.74) is 3.77. The number of benzene rings is 1. The number of urea groups is 1. The Bertz CT molecular complexity index is 898. The zero-order chi connectivity index (χ0) is 22.8. The number of hydrogen-bond acceptors (Lipinski definition) is 6. The highest BCUT2D eigenvalue weighted by atomic mass is 16.5. The Kier molecular flexibility index (Phi) is 9.25. The van der Waals surface area contributed by atoms with Crippen molar-refractivity contribution in [3.8, 4) is 5.88 Å². The smallest absolute Gasteiger partial charge is 0.335 e. The highest BCUT2D eigenvalue weighted by molar-refractivity contribution is 5.95. The molecule has 0 saturated carbocycles. The molecule has 0 spiro atoms. The van der Waals surface area contributed by atoms with Crippen LogP contribution in [0, 0.1) is 0 Å². The van der Waals surface area contributed by atoms with E-state index in [-0.39, 0.29) is 12.5 Å². The molecule has 1 aliphatic rings. The first-order chi connectivity index (χ1) is 15.5. The summed E-state index contributed by atoms with van der Waals surface area (Å²) in [4.78, 5) is 30.7. The van der Waals surface area contributed by atoms with E-state index in [0.29, 0.717) is 19.0 Å². The maximum absolute atomic E-state index is 12.2. The van der Waals surface area contributed by atoms with Crippen LogP contribution in [0.25, 0.3) is 10.8 Å². The minimum Gasteiger partial charge on any atom is -0.476 e. The van der Waals surface area contributed by atoms with Crippen LogP contribution in [-0.4, -0.2) is 66.7 Å². The van der Waals surface area contributed by atoms with Crippen molar-refractivity contribution in [2.24, 2.45) is 0 Å². The molecule has 174 valence electrons. The van der Waals surface area contributed by atoms with Gasteiger partial charge in [0, 0.05) is 30.7 Å². The van der Waals surface area contributed by atoms with Gasteiger partial charge in [-0.3, -0.25) is 20.4 Å². The average Bonchev–Trinajstić information content (AvgIpc) is 2.78. The Morgan fingerprint density at radius 1 is 1.19 bits per heavy atom. The first-order valence-electron chi connectivity index (χ1n) is 11.6. The number of carbonyl (C=O) groups is 2. The van der Waals surface area contributed by atoms with Crippen molar-refractivity contribution in [2.45, 2.75) is 45.4 Å². The van der Waals surface area contributed by atoms with Crippen LogP contribution in [0.3, 0.4) is 0 Å². The molecule has 3 rings (SSSR count). The molecule has 2 N–H and O–H groups in total. The number of hydrazine groups is 1. The standard InChI is InChI=1S/C24H35N5O3/c1-3-4-11-20-17-19-10-6-7-12-21(19)23(25-20)32-16-15-28(2)18-22(30)26-24(31)27-29-13-8-5-9-14-29/h6-7,10,12,17H,3-5,8-9,11,13-16,18H2,1-2H3,(H2,26,27,30,31). The van der Waals surface area contributed by atoms with E-state index in [1.807, 2.05) is 35.2 Å². The number of nitrogens with zero attached hydrogens (tertiary/aromatic N) is 3. The van der Waals surface area contributed by atoms with E-state index in [1.54, 1.807) is 0 Å². The summed E-state index contributed by atoms with van der Waals surface area (Å²) in [6.45, 7) is 4.86. The van der Waals surface area contributed by atoms with Gasteiger partial charge in [0.25, 0.3) is 0 Å². The van der Waals surface area contributed by atoms with E-state index in [2.05, 4.69) is 29.8 Å². The highest BCUT2D eigenvalue weighted by Crippen LogP contribution is 2.25. The third-order valence-electron chi connectivity index (χ3n) is 5.54. The van der Waals surface area contributed by atoms with E-state index < -0.39 is 6.03 Å². The van der Waals surface area contributed by atoms with Crippen molar-refractivity contribution in [2.75, 3.05) is 39.8 Å². The zero-order valence-corrected chi connectivity index (χ0v) is 19.2. The molecule has 8 nitrogen and oxygen atoms in total. The second-order valence-corrected chi connectivity index (χ2v) is 8.37. The number of fused-ring (bicyclic) bond motifs is 1. The summed E-state index contributed by atoms with van der Waals surface area (Å²) in [5, 5.41) is 6.36. The quantitative estimate of drug-likeness (QED) is 0.589. The monoisotopic (exact) mass is 441 g/mol. The van der Waals surface area contributed by atoms with Gasteiger partial charge in [-0.2, -0.15) is 0 Å². The van der Waals surface area contributed by atoms with Crippen molar-refractivity contribution in [1.82, 2.24) is 25.6 Å². The van der Waals surface area contributed by atoms with Gasteiger partial charge in [0.2, 0.25) is 11.8 Å². The van der Waals surface area contributed by atoms with Gasteiger partial charge in [-0.05, 0) is 50.2 Å². The van der Waals surface area contributed by atoms with Gasteiger partial charge in [0.05, 0.1) is 6.54 Å². The number of likely N-dealkylation sites (N-methyl/N-ethyl adjacent to an activating group) is 1. The molecule has 8 heteroatoms. The Morgan fingerprint density at radius 2 is 1.97 bits per heavy atom. The van der Waals surface area contributed by atoms with Gasteiger partial charge in [-0.15, -0.1) is 0 Å².